The molecule has 1 saturated carbocycles. The smallest absolute Gasteiger partial charge is 0.0479 e. The van der Waals surface area contributed by atoms with Crippen molar-refractivity contribution in [3.8, 4) is 0 Å². The quantitative estimate of drug-likeness (QED) is 0.643. The Labute approximate surface area is 62.7 Å². The molecule has 0 bridgehead atoms. The molecule has 2 nitrogen and oxygen atoms in total. The zero-order chi connectivity index (χ0) is 7.83. The maximum Gasteiger partial charge on any atom is 0.0479 e. The second kappa shape index (κ2) is 2.21. The van der Waals surface area contributed by atoms with E-state index in [1.165, 1.54) is 0 Å². The molecule has 60 valence electrons. The Balaban J connectivity index is 2.30. The monoisotopic (exact) mass is 143 g/mol. The van der Waals surface area contributed by atoms with Gasteiger partial charge in [-0.05, 0) is 18.3 Å². The standard InChI is InChI=1S/C8H17NO/c1-7(2)6-8(7,9)4-5-10-3/h4-6,9H2,1-3H3. The van der Waals surface area contributed by atoms with Crippen LogP contribution >= 0.6 is 0 Å². The van der Waals surface area contributed by atoms with Gasteiger partial charge in [0.1, 0.15) is 0 Å². The van der Waals surface area contributed by atoms with Crippen molar-refractivity contribution in [3.63, 3.8) is 0 Å². The summed E-state index contributed by atoms with van der Waals surface area (Å²) < 4.78 is 4.97. The van der Waals surface area contributed by atoms with E-state index < -0.39 is 0 Å². The van der Waals surface area contributed by atoms with Crippen LogP contribution in [0.4, 0.5) is 0 Å². The molecule has 0 radical (unpaired) electrons. The van der Waals surface area contributed by atoms with Crippen LogP contribution in [0.5, 0.6) is 0 Å². The Morgan fingerprint density at radius 3 is 2.30 bits per heavy atom. The van der Waals surface area contributed by atoms with Crippen molar-refractivity contribution in [1.82, 2.24) is 0 Å². The first-order valence-corrected chi connectivity index (χ1v) is 3.80. The molecule has 10 heavy (non-hydrogen) atoms. The zero-order valence-electron chi connectivity index (χ0n) is 7.11. The predicted molar refractivity (Wildman–Crippen MR) is 41.8 cm³/mol. The van der Waals surface area contributed by atoms with Gasteiger partial charge in [0, 0.05) is 19.3 Å². The van der Waals surface area contributed by atoms with Crippen LogP contribution in [0.25, 0.3) is 0 Å². The molecule has 0 saturated heterocycles. The molecule has 0 aromatic carbocycles. The van der Waals surface area contributed by atoms with Crippen LogP contribution in [0.3, 0.4) is 0 Å². The maximum atomic E-state index is 6.03. The molecule has 0 amide bonds. The van der Waals surface area contributed by atoms with E-state index in [-0.39, 0.29) is 5.54 Å². The fraction of sp³-hybridized carbons (Fsp3) is 1.00. The minimum atomic E-state index is 0.0724. The third-order valence-corrected chi connectivity index (χ3v) is 2.73. The van der Waals surface area contributed by atoms with Gasteiger partial charge in [-0.2, -0.15) is 0 Å². The van der Waals surface area contributed by atoms with Gasteiger partial charge in [0.15, 0.2) is 0 Å². The van der Waals surface area contributed by atoms with Gasteiger partial charge < -0.3 is 10.5 Å². The van der Waals surface area contributed by atoms with Gasteiger partial charge in [-0.3, -0.25) is 0 Å². The Bertz CT molecular complexity index is 133. The highest BCUT2D eigenvalue weighted by Crippen LogP contribution is 2.55. The molecule has 1 fully saturated rings. The van der Waals surface area contributed by atoms with Gasteiger partial charge in [-0.1, -0.05) is 13.8 Å². The van der Waals surface area contributed by atoms with E-state index in [1.807, 2.05) is 0 Å². The average Bonchev–Trinajstić information content (AvgIpc) is 2.29. The van der Waals surface area contributed by atoms with Gasteiger partial charge >= 0.3 is 0 Å². The summed E-state index contributed by atoms with van der Waals surface area (Å²) >= 11 is 0. The summed E-state index contributed by atoms with van der Waals surface area (Å²) in [5.41, 5.74) is 6.46. The van der Waals surface area contributed by atoms with Crippen LogP contribution in [-0.2, 0) is 4.74 Å². The Morgan fingerprint density at radius 2 is 2.00 bits per heavy atom. The molecule has 0 aliphatic heterocycles. The Morgan fingerprint density at radius 1 is 1.50 bits per heavy atom. The Hall–Kier alpha value is -0.0800. The number of methoxy groups -OCH3 is 1. The number of rotatable bonds is 3. The van der Waals surface area contributed by atoms with Crippen molar-refractivity contribution in [2.75, 3.05) is 13.7 Å². The number of nitrogens with two attached hydrogens (primary N) is 1. The summed E-state index contributed by atoms with van der Waals surface area (Å²) in [5, 5.41) is 0. The third kappa shape index (κ3) is 1.18. The van der Waals surface area contributed by atoms with Gasteiger partial charge in [-0.25, -0.2) is 0 Å². The summed E-state index contributed by atoms with van der Waals surface area (Å²) in [5.74, 6) is 0. The fourth-order valence-corrected chi connectivity index (χ4v) is 1.46. The predicted octanol–water partition coefficient (Wildman–Crippen LogP) is 1.15. The highest BCUT2D eigenvalue weighted by atomic mass is 16.5. The van der Waals surface area contributed by atoms with Crippen LogP contribution < -0.4 is 5.73 Å². The molecule has 0 heterocycles. The largest absolute Gasteiger partial charge is 0.385 e. The normalized spacial score (nSPS) is 36.0. The summed E-state index contributed by atoms with van der Waals surface area (Å²) in [7, 11) is 1.72. The number of ether oxygens (including phenoxy) is 1. The van der Waals surface area contributed by atoms with E-state index in [2.05, 4.69) is 13.8 Å². The lowest BCUT2D eigenvalue weighted by atomic mass is 10.0. The molecule has 0 aromatic rings. The highest BCUT2D eigenvalue weighted by molar-refractivity contribution is 5.14. The Kier molecular flexibility index (Phi) is 1.77. The van der Waals surface area contributed by atoms with Crippen LogP contribution in [0.1, 0.15) is 26.7 Å². The van der Waals surface area contributed by atoms with Crippen molar-refractivity contribution in [1.29, 1.82) is 0 Å². The zero-order valence-corrected chi connectivity index (χ0v) is 7.11. The molecule has 1 atom stereocenters. The topological polar surface area (TPSA) is 35.2 Å². The summed E-state index contributed by atoms with van der Waals surface area (Å²) in [4.78, 5) is 0. The van der Waals surface area contributed by atoms with Crippen molar-refractivity contribution < 1.29 is 4.74 Å². The summed E-state index contributed by atoms with van der Waals surface area (Å²) in [6, 6.07) is 0. The fourth-order valence-electron chi connectivity index (χ4n) is 1.46. The lowest BCUT2D eigenvalue weighted by Crippen LogP contribution is -2.29. The first kappa shape index (κ1) is 8.02. The van der Waals surface area contributed by atoms with Crippen LogP contribution in [0.15, 0.2) is 0 Å². The van der Waals surface area contributed by atoms with Gasteiger partial charge in [0.2, 0.25) is 0 Å². The molecular weight excluding hydrogens is 126 g/mol. The first-order valence-electron chi connectivity index (χ1n) is 3.80. The van der Waals surface area contributed by atoms with Crippen molar-refractivity contribution in [2.24, 2.45) is 11.1 Å². The van der Waals surface area contributed by atoms with Gasteiger partial charge in [-0.15, -0.1) is 0 Å². The van der Waals surface area contributed by atoms with E-state index in [9.17, 15) is 0 Å². The second-order valence-electron chi connectivity index (χ2n) is 3.96. The SMILES string of the molecule is COCCC1(N)CC1(C)C. The molecule has 1 aliphatic carbocycles. The third-order valence-electron chi connectivity index (χ3n) is 2.73. The molecule has 0 spiro atoms. The van der Waals surface area contributed by atoms with E-state index in [0.29, 0.717) is 5.41 Å². The molecular formula is C8H17NO. The number of hydrogen-bond donors (Lipinski definition) is 1. The van der Waals surface area contributed by atoms with E-state index in [4.69, 9.17) is 10.5 Å². The molecule has 2 N–H and O–H groups in total. The minimum Gasteiger partial charge on any atom is -0.385 e. The summed E-state index contributed by atoms with van der Waals surface area (Å²) in [6.45, 7) is 5.21. The van der Waals surface area contributed by atoms with Crippen LogP contribution in [0, 0.1) is 5.41 Å². The summed E-state index contributed by atoms with van der Waals surface area (Å²) in [6.07, 6.45) is 2.14. The van der Waals surface area contributed by atoms with Crippen molar-refractivity contribution >= 4 is 0 Å². The molecule has 2 heteroatoms. The van der Waals surface area contributed by atoms with E-state index >= 15 is 0 Å². The minimum absolute atomic E-state index is 0.0724. The highest BCUT2D eigenvalue weighted by Gasteiger charge is 2.57. The van der Waals surface area contributed by atoms with Crippen molar-refractivity contribution in [3.05, 3.63) is 0 Å². The lowest BCUT2D eigenvalue weighted by Gasteiger charge is -2.13. The van der Waals surface area contributed by atoms with Crippen molar-refractivity contribution in [2.45, 2.75) is 32.2 Å². The molecule has 1 aliphatic rings. The first-order chi connectivity index (χ1) is 4.52. The average molecular weight is 143 g/mol. The molecule has 0 aromatic heterocycles. The molecule has 1 rings (SSSR count). The molecule has 1 unspecified atom stereocenters. The lowest BCUT2D eigenvalue weighted by molar-refractivity contribution is 0.180. The second-order valence-corrected chi connectivity index (χ2v) is 3.96. The van der Waals surface area contributed by atoms with Gasteiger partial charge in [0.05, 0.1) is 0 Å². The number of hydrogen-bond acceptors (Lipinski definition) is 2. The van der Waals surface area contributed by atoms with Crippen LogP contribution in [-0.4, -0.2) is 19.3 Å². The van der Waals surface area contributed by atoms with Crippen LogP contribution in [0.2, 0.25) is 0 Å². The van der Waals surface area contributed by atoms with E-state index in [0.717, 1.165) is 19.4 Å². The van der Waals surface area contributed by atoms with E-state index in [1.54, 1.807) is 7.11 Å². The maximum absolute atomic E-state index is 6.03. The van der Waals surface area contributed by atoms with Gasteiger partial charge in [0.25, 0.3) is 0 Å².